The lowest BCUT2D eigenvalue weighted by molar-refractivity contribution is -0.270. The van der Waals surface area contributed by atoms with Crippen LogP contribution in [-0.4, -0.2) is 11.2 Å². The third kappa shape index (κ3) is 5.81. The van der Waals surface area contributed by atoms with Crippen molar-refractivity contribution in [2.75, 3.05) is 0 Å². The van der Waals surface area contributed by atoms with Crippen LogP contribution in [0.25, 0.3) is 0 Å². The molecule has 0 aliphatic carbocycles. The average molecular weight is 419 g/mol. The molecular weight excluding hydrogens is 388 g/mol. The summed E-state index contributed by atoms with van der Waals surface area (Å²) >= 11 is 0. The Morgan fingerprint density at radius 3 is 1.90 bits per heavy atom. The van der Waals surface area contributed by atoms with E-state index in [1.807, 2.05) is 49.4 Å². The van der Waals surface area contributed by atoms with E-state index in [-0.39, 0.29) is 0 Å². The monoisotopic (exact) mass is 418 g/mol. The first kappa shape index (κ1) is 22.7. The minimum absolute atomic E-state index is 0.405. The Hall–Kier alpha value is -2.95. The van der Waals surface area contributed by atoms with Crippen LogP contribution in [0.1, 0.15) is 71.0 Å². The molecule has 162 valence electrons. The smallest absolute Gasteiger partial charge is 0.343 e. The lowest BCUT2D eigenvalue weighted by Crippen LogP contribution is -2.12. The second kappa shape index (κ2) is 10.9. The molecule has 0 spiro atoms. The van der Waals surface area contributed by atoms with Crippen molar-refractivity contribution in [3.8, 4) is 5.75 Å². The highest BCUT2D eigenvalue weighted by Crippen LogP contribution is 2.28. The van der Waals surface area contributed by atoms with E-state index in [2.05, 4.69) is 26.0 Å². The van der Waals surface area contributed by atoms with Crippen LogP contribution in [0.2, 0.25) is 0 Å². The molecule has 4 heteroatoms. The van der Waals surface area contributed by atoms with Crippen molar-refractivity contribution >= 4 is 5.97 Å². The lowest BCUT2D eigenvalue weighted by atomic mass is 9.96. The Morgan fingerprint density at radius 2 is 1.39 bits per heavy atom. The van der Waals surface area contributed by atoms with Gasteiger partial charge in [0.1, 0.15) is 11.9 Å². The van der Waals surface area contributed by atoms with E-state index in [1.165, 1.54) is 11.1 Å². The van der Waals surface area contributed by atoms with E-state index >= 15 is 0 Å². The molecule has 3 rings (SSSR count). The standard InChI is InChI=1S/C27H30O4/c1-4-6-20-8-12-22(13-9-20)26(31-29)23-14-17-25(19(3)18-23)27(28)30-24-15-10-21(7-5-2)11-16-24/h8-18,26,29H,4-7H2,1-3H3. The molecule has 1 N–H and O–H groups in total. The van der Waals surface area contributed by atoms with Crippen molar-refractivity contribution in [1.29, 1.82) is 0 Å². The number of ether oxygens (including phenoxy) is 1. The highest BCUT2D eigenvalue weighted by atomic mass is 17.1. The third-order valence-corrected chi connectivity index (χ3v) is 5.37. The predicted molar refractivity (Wildman–Crippen MR) is 123 cm³/mol. The van der Waals surface area contributed by atoms with Crippen molar-refractivity contribution in [2.45, 2.75) is 52.6 Å². The molecule has 0 radical (unpaired) electrons. The van der Waals surface area contributed by atoms with Gasteiger partial charge >= 0.3 is 5.97 Å². The molecule has 0 saturated carbocycles. The average Bonchev–Trinajstić information content (AvgIpc) is 2.77. The Kier molecular flexibility index (Phi) is 7.99. The first-order chi connectivity index (χ1) is 15.0. The van der Waals surface area contributed by atoms with Crippen molar-refractivity contribution in [2.24, 2.45) is 0 Å². The fourth-order valence-corrected chi connectivity index (χ4v) is 3.72. The number of aryl methyl sites for hydroxylation is 3. The van der Waals surface area contributed by atoms with Gasteiger partial charge in [0.2, 0.25) is 0 Å². The molecule has 0 amide bonds. The van der Waals surface area contributed by atoms with Crippen LogP contribution in [0.15, 0.2) is 66.7 Å². The molecule has 3 aromatic rings. The number of esters is 1. The number of benzene rings is 3. The van der Waals surface area contributed by atoms with Gasteiger partial charge in [-0.15, -0.1) is 0 Å². The molecular formula is C27H30O4. The van der Waals surface area contributed by atoms with Crippen molar-refractivity contribution in [3.63, 3.8) is 0 Å². The SMILES string of the molecule is CCCc1ccc(OC(=O)c2ccc(C(OO)c3ccc(CCC)cc3)cc2C)cc1. The molecule has 1 atom stereocenters. The van der Waals surface area contributed by atoms with Gasteiger partial charge in [0, 0.05) is 0 Å². The summed E-state index contributed by atoms with van der Waals surface area (Å²) in [4.78, 5) is 17.5. The van der Waals surface area contributed by atoms with Gasteiger partial charge in [-0.05, 0) is 65.8 Å². The number of rotatable bonds is 9. The number of carbonyl (C=O) groups excluding carboxylic acids is 1. The van der Waals surface area contributed by atoms with Crippen LogP contribution >= 0.6 is 0 Å². The molecule has 0 bridgehead atoms. The fraction of sp³-hybridized carbons (Fsp3) is 0.296. The zero-order valence-corrected chi connectivity index (χ0v) is 18.4. The second-order valence-corrected chi connectivity index (χ2v) is 7.83. The van der Waals surface area contributed by atoms with Crippen molar-refractivity contribution in [1.82, 2.24) is 0 Å². The van der Waals surface area contributed by atoms with Gasteiger partial charge in [-0.25, -0.2) is 9.68 Å². The molecule has 0 fully saturated rings. The summed E-state index contributed by atoms with van der Waals surface area (Å²) < 4.78 is 5.54. The third-order valence-electron chi connectivity index (χ3n) is 5.37. The van der Waals surface area contributed by atoms with Gasteiger partial charge in [0.25, 0.3) is 0 Å². The topological polar surface area (TPSA) is 55.8 Å². The quantitative estimate of drug-likeness (QED) is 0.182. The van der Waals surface area contributed by atoms with Crippen LogP contribution in [0.4, 0.5) is 0 Å². The molecule has 4 nitrogen and oxygen atoms in total. The molecule has 0 saturated heterocycles. The van der Waals surface area contributed by atoms with E-state index in [1.54, 1.807) is 12.1 Å². The van der Waals surface area contributed by atoms with Gasteiger partial charge in [-0.2, -0.15) is 0 Å². The summed E-state index contributed by atoms with van der Waals surface area (Å²) in [5.74, 6) is 0.120. The van der Waals surface area contributed by atoms with Crippen molar-refractivity contribution in [3.05, 3.63) is 100 Å². The second-order valence-electron chi connectivity index (χ2n) is 7.83. The van der Waals surface area contributed by atoms with E-state index < -0.39 is 12.1 Å². The lowest BCUT2D eigenvalue weighted by Gasteiger charge is -2.16. The van der Waals surface area contributed by atoms with Gasteiger partial charge in [-0.1, -0.05) is 75.2 Å². The van der Waals surface area contributed by atoms with Gasteiger partial charge in [0.05, 0.1) is 5.56 Å². The van der Waals surface area contributed by atoms with E-state index in [0.717, 1.165) is 42.4 Å². The Balaban J connectivity index is 1.75. The number of hydrogen-bond donors (Lipinski definition) is 1. The molecule has 0 aromatic heterocycles. The minimum atomic E-state index is -0.620. The normalized spacial score (nSPS) is 11.9. The maximum atomic E-state index is 12.7. The summed E-state index contributed by atoms with van der Waals surface area (Å²) in [7, 11) is 0. The summed E-state index contributed by atoms with van der Waals surface area (Å²) in [6.45, 7) is 6.13. The zero-order chi connectivity index (χ0) is 22.2. The number of carbonyl (C=O) groups is 1. The Labute approximate surface area is 184 Å². The van der Waals surface area contributed by atoms with Crippen LogP contribution in [0.5, 0.6) is 5.75 Å². The molecule has 31 heavy (non-hydrogen) atoms. The summed E-state index contributed by atoms with van der Waals surface area (Å²) in [5.41, 5.74) is 5.33. The first-order valence-electron chi connectivity index (χ1n) is 10.9. The largest absolute Gasteiger partial charge is 0.423 e. The van der Waals surface area contributed by atoms with Gasteiger partial charge in [0.15, 0.2) is 0 Å². The van der Waals surface area contributed by atoms with Crippen LogP contribution in [0, 0.1) is 6.92 Å². The van der Waals surface area contributed by atoms with E-state index in [0.29, 0.717) is 11.3 Å². The maximum absolute atomic E-state index is 12.7. The summed E-state index contributed by atoms with van der Waals surface area (Å²) in [5, 5.41) is 9.54. The fourth-order valence-electron chi connectivity index (χ4n) is 3.72. The number of hydrogen-bond acceptors (Lipinski definition) is 4. The Bertz CT molecular complexity index is 991. The van der Waals surface area contributed by atoms with Crippen LogP contribution < -0.4 is 4.74 Å². The first-order valence-corrected chi connectivity index (χ1v) is 10.9. The van der Waals surface area contributed by atoms with Crippen LogP contribution in [-0.2, 0) is 17.7 Å². The molecule has 3 aromatic carbocycles. The Morgan fingerprint density at radius 1 is 0.839 bits per heavy atom. The minimum Gasteiger partial charge on any atom is -0.423 e. The molecule has 0 aliphatic heterocycles. The summed E-state index contributed by atoms with van der Waals surface area (Å²) in [6, 6.07) is 21.0. The van der Waals surface area contributed by atoms with Gasteiger partial charge in [-0.3, -0.25) is 5.26 Å². The molecule has 1 unspecified atom stereocenters. The summed E-state index contributed by atoms with van der Waals surface area (Å²) in [6.07, 6.45) is 3.56. The zero-order valence-electron chi connectivity index (χ0n) is 18.4. The van der Waals surface area contributed by atoms with Gasteiger partial charge < -0.3 is 4.74 Å². The van der Waals surface area contributed by atoms with Crippen molar-refractivity contribution < 1.29 is 19.7 Å². The highest BCUT2D eigenvalue weighted by Gasteiger charge is 2.18. The van der Waals surface area contributed by atoms with E-state index in [9.17, 15) is 10.1 Å². The molecule has 0 aliphatic rings. The maximum Gasteiger partial charge on any atom is 0.343 e. The molecule has 0 heterocycles. The predicted octanol–water partition coefficient (Wildman–Crippen LogP) is 6.70. The highest BCUT2D eigenvalue weighted by molar-refractivity contribution is 5.92. The van der Waals surface area contributed by atoms with E-state index in [4.69, 9.17) is 9.62 Å². The van der Waals surface area contributed by atoms with Crippen LogP contribution in [0.3, 0.4) is 0 Å².